The molecule has 0 heterocycles. The highest BCUT2D eigenvalue weighted by molar-refractivity contribution is 5.02. The zero-order valence-corrected chi connectivity index (χ0v) is 9.64. The Morgan fingerprint density at radius 3 is 2.46 bits per heavy atom. The lowest BCUT2D eigenvalue weighted by molar-refractivity contribution is 0.163. The Morgan fingerprint density at radius 2 is 1.92 bits per heavy atom. The first-order valence-electron chi connectivity index (χ1n) is 6.09. The minimum Gasteiger partial charge on any atom is -0.0651 e. The van der Waals surface area contributed by atoms with Crippen LogP contribution in [0.1, 0.15) is 53.4 Å². The Kier molecular flexibility index (Phi) is 2.20. The highest BCUT2D eigenvalue weighted by atomic mass is 14.6. The predicted molar refractivity (Wildman–Crippen MR) is 57.6 cm³/mol. The lowest BCUT2D eigenvalue weighted by Gasteiger charge is -2.33. The normalized spacial score (nSPS) is 48.0. The van der Waals surface area contributed by atoms with Gasteiger partial charge in [0.25, 0.3) is 0 Å². The molecule has 2 rings (SSSR count). The molecule has 2 saturated carbocycles. The smallest absolute Gasteiger partial charge is 0.0292 e. The molecule has 0 saturated heterocycles. The standard InChI is InChI=1S/C13H24/c1-5-11-9(2)10-7-6-8-12(10)13(11,3)4/h9-12H,5-8H2,1-4H3. The first-order chi connectivity index (χ1) is 6.09. The van der Waals surface area contributed by atoms with Crippen LogP contribution in [0.5, 0.6) is 0 Å². The molecule has 2 fully saturated rings. The number of hydrogen-bond acceptors (Lipinski definition) is 0. The summed E-state index contributed by atoms with van der Waals surface area (Å²) in [4.78, 5) is 0. The third-order valence-corrected chi connectivity index (χ3v) is 5.23. The Labute approximate surface area is 83.1 Å². The minimum atomic E-state index is 0.634. The number of fused-ring (bicyclic) bond motifs is 1. The van der Waals surface area contributed by atoms with E-state index >= 15 is 0 Å². The van der Waals surface area contributed by atoms with E-state index in [1.165, 1.54) is 25.7 Å². The summed E-state index contributed by atoms with van der Waals surface area (Å²) in [6, 6.07) is 0. The molecule has 2 aliphatic carbocycles. The third-order valence-electron chi connectivity index (χ3n) is 5.23. The highest BCUT2D eigenvalue weighted by Crippen LogP contribution is 2.61. The lowest BCUT2D eigenvalue weighted by atomic mass is 9.72. The Hall–Kier alpha value is 0. The molecule has 0 heteroatoms. The van der Waals surface area contributed by atoms with Gasteiger partial charge in [0.2, 0.25) is 0 Å². The van der Waals surface area contributed by atoms with Crippen molar-refractivity contribution in [2.45, 2.75) is 53.4 Å². The molecule has 0 aromatic carbocycles. The first-order valence-corrected chi connectivity index (χ1v) is 6.09. The topological polar surface area (TPSA) is 0 Å². The van der Waals surface area contributed by atoms with E-state index in [1.807, 2.05) is 0 Å². The minimum absolute atomic E-state index is 0.634. The number of rotatable bonds is 1. The van der Waals surface area contributed by atoms with Crippen molar-refractivity contribution in [1.82, 2.24) is 0 Å². The van der Waals surface area contributed by atoms with Gasteiger partial charge >= 0.3 is 0 Å². The van der Waals surface area contributed by atoms with Gasteiger partial charge in [-0.3, -0.25) is 0 Å². The second kappa shape index (κ2) is 3.00. The second-order valence-electron chi connectivity index (χ2n) is 5.90. The molecular formula is C13H24. The monoisotopic (exact) mass is 180 g/mol. The quantitative estimate of drug-likeness (QED) is 0.570. The van der Waals surface area contributed by atoms with Crippen LogP contribution in [0.3, 0.4) is 0 Å². The van der Waals surface area contributed by atoms with E-state index < -0.39 is 0 Å². The van der Waals surface area contributed by atoms with Crippen molar-refractivity contribution in [2.75, 3.05) is 0 Å². The van der Waals surface area contributed by atoms with Crippen LogP contribution < -0.4 is 0 Å². The van der Waals surface area contributed by atoms with Gasteiger partial charge in [-0.2, -0.15) is 0 Å². The molecule has 76 valence electrons. The largest absolute Gasteiger partial charge is 0.0651 e. The molecule has 0 amide bonds. The van der Waals surface area contributed by atoms with Crippen LogP contribution in [0.15, 0.2) is 0 Å². The molecule has 0 aromatic heterocycles. The predicted octanol–water partition coefficient (Wildman–Crippen LogP) is 4.10. The van der Waals surface area contributed by atoms with E-state index in [1.54, 1.807) is 0 Å². The van der Waals surface area contributed by atoms with Gasteiger partial charge in [-0.05, 0) is 41.9 Å². The molecule has 0 N–H and O–H groups in total. The summed E-state index contributed by atoms with van der Waals surface area (Å²) in [6.07, 6.45) is 5.92. The Morgan fingerprint density at radius 1 is 1.23 bits per heavy atom. The average Bonchev–Trinajstić information content (AvgIpc) is 2.57. The fraction of sp³-hybridized carbons (Fsp3) is 1.00. The average molecular weight is 180 g/mol. The van der Waals surface area contributed by atoms with E-state index in [-0.39, 0.29) is 0 Å². The molecule has 13 heavy (non-hydrogen) atoms. The Balaban J connectivity index is 2.26. The zero-order chi connectivity index (χ0) is 9.64. The summed E-state index contributed by atoms with van der Waals surface area (Å²) >= 11 is 0. The SMILES string of the molecule is CCC1C(C)C2CCCC2C1(C)C. The van der Waals surface area contributed by atoms with Gasteiger partial charge in [0.05, 0.1) is 0 Å². The fourth-order valence-corrected chi connectivity index (χ4v) is 4.69. The van der Waals surface area contributed by atoms with E-state index in [0.29, 0.717) is 5.41 Å². The summed E-state index contributed by atoms with van der Waals surface area (Å²) in [7, 11) is 0. The van der Waals surface area contributed by atoms with Crippen molar-refractivity contribution in [2.24, 2.45) is 29.1 Å². The maximum Gasteiger partial charge on any atom is -0.0292 e. The van der Waals surface area contributed by atoms with E-state index in [2.05, 4.69) is 27.7 Å². The van der Waals surface area contributed by atoms with Crippen LogP contribution in [0.25, 0.3) is 0 Å². The molecule has 0 radical (unpaired) electrons. The van der Waals surface area contributed by atoms with Crippen molar-refractivity contribution < 1.29 is 0 Å². The highest BCUT2D eigenvalue weighted by Gasteiger charge is 2.53. The fourth-order valence-electron chi connectivity index (χ4n) is 4.69. The molecule has 2 aliphatic rings. The van der Waals surface area contributed by atoms with Crippen molar-refractivity contribution in [3.05, 3.63) is 0 Å². The van der Waals surface area contributed by atoms with Crippen molar-refractivity contribution >= 4 is 0 Å². The summed E-state index contributed by atoms with van der Waals surface area (Å²) in [5, 5.41) is 0. The van der Waals surface area contributed by atoms with Gasteiger partial charge in [-0.1, -0.05) is 40.5 Å². The molecule has 0 nitrogen and oxygen atoms in total. The molecule has 0 aromatic rings. The maximum atomic E-state index is 2.52. The van der Waals surface area contributed by atoms with Crippen LogP contribution in [-0.4, -0.2) is 0 Å². The molecule has 0 bridgehead atoms. The van der Waals surface area contributed by atoms with Gasteiger partial charge in [-0.15, -0.1) is 0 Å². The molecule has 0 spiro atoms. The van der Waals surface area contributed by atoms with E-state index in [0.717, 1.165) is 23.7 Å². The van der Waals surface area contributed by atoms with Gasteiger partial charge in [0, 0.05) is 0 Å². The van der Waals surface area contributed by atoms with Crippen LogP contribution in [0, 0.1) is 29.1 Å². The van der Waals surface area contributed by atoms with Crippen LogP contribution in [0.2, 0.25) is 0 Å². The first kappa shape index (κ1) is 9.55. The van der Waals surface area contributed by atoms with Crippen LogP contribution in [-0.2, 0) is 0 Å². The summed E-state index contributed by atoms with van der Waals surface area (Å²) < 4.78 is 0. The third kappa shape index (κ3) is 1.17. The van der Waals surface area contributed by atoms with Crippen LogP contribution >= 0.6 is 0 Å². The van der Waals surface area contributed by atoms with Gasteiger partial charge in [0.15, 0.2) is 0 Å². The van der Waals surface area contributed by atoms with Crippen LogP contribution in [0.4, 0.5) is 0 Å². The zero-order valence-electron chi connectivity index (χ0n) is 9.64. The molecule has 4 unspecified atom stereocenters. The second-order valence-corrected chi connectivity index (χ2v) is 5.90. The van der Waals surface area contributed by atoms with Crippen molar-refractivity contribution in [1.29, 1.82) is 0 Å². The van der Waals surface area contributed by atoms with Crippen molar-refractivity contribution in [3.63, 3.8) is 0 Å². The van der Waals surface area contributed by atoms with Crippen molar-refractivity contribution in [3.8, 4) is 0 Å². The van der Waals surface area contributed by atoms with E-state index in [4.69, 9.17) is 0 Å². The van der Waals surface area contributed by atoms with Gasteiger partial charge in [-0.25, -0.2) is 0 Å². The van der Waals surface area contributed by atoms with E-state index in [9.17, 15) is 0 Å². The molecule has 0 aliphatic heterocycles. The lowest BCUT2D eigenvalue weighted by Crippen LogP contribution is -2.25. The molecular weight excluding hydrogens is 156 g/mol. The molecule has 4 atom stereocenters. The van der Waals surface area contributed by atoms with Gasteiger partial charge < -0.3 is 0 Å². The maximum absolute atomic E-state index is 2.52. The van der Waals surface area contributed by atoms with Gasteiger partial charge in [0.1, 0.15) is 0 Å². The summed E-state index contributed by atoms with van der Waals surface area (Å²) in [5.41, 5.74) is 0.634. The Bertz CT molecular complexity index is 188. The number of hydrogen-bond donors (Lipinski definition) is 0. The summed E-state index contributed by atoms with van der Waals surface area (Å²) in [5.74, 6) is 4.10. The summed E-state index contributed by atoms with van der Waals surface area (Å²) in [6.45, 7) is 9.93.